The minimum Gasteiger partial charge on any atom is -0.413 e. The quantitative estimate of drug-likeness (QED) is 0.287. The average Bonchev–Trinajstić information content (AvgIpc) is 2.87. The van der Waals surface area contributed by atoms with E-state index in [1.807, 2.05) is 29.2 Å². The molecule has 6 nitrogen and oxygen atoms in total. The molecule has 0 bridgehead atoms. The summed E-state index contributed by atoms with van der Waals surface area (Å²) in [5.41, 5.74) is 1.95. The topological polar surface area (TPSA) is 68.2 Å². The number of hydrogen-bond donors (Lipinski definition) is 1. The summed E-state index contributed by atoms with van der Waals surface area (Å²) in [6.07, 6.45) is 5.32. The summed E-state index contributed by atoms with van der Waals surface area (Å²) in [6, 6.07) is 10.2. The fourth-order valence-corrected chi connectivity index (χ4v) is 13.2. The first-order valence-corrected chi connectivity index (χ1v) is 16.8. The first-order chi connectivity index (χ1) is 18.1. The van der Waals surface area contributed by atoms with E-state index in [4.69, 9.17) is 13.9 Å². The number of piperidine rings is 1. The van der Waals surface area contributed by atoms with E-state index in [0.29, 0.717) is 49.4 Å². The van der Waals surface area contributed by atoms with Crippen LogP contribution in [-0.2, 0) is 25.3 Å². The lowest BCUT2D eigenvalue weighted by molar-refractivity contribution is -0.252. The number of aliphatic hydroxyl groups excluding tert-OH is 1. The molecule has 1 aromatic rings. The number of allylic oxidation sites excluding steroid dienone is 1. The van der Waals surface area contributed by atoms with Gasteiger partial charge in [0, 0.05) is 6.54 Å². The molecule has 1 N–H and O–H groups in total. The lowest BCUT2D eigenvalue weighted by Gasteiger charge is -2.58. The molecule has 0 unspecified atom stereocenters. The molecule has 2 aliphatic heterocycles. The Balaban J connectivity index is 1.54. The fraction of sp³-hybridized carbons (Fsp3) is 0.710. The molecule has 5 atom stereocenters. The number of rotatable bonds is 10. The van der Waals surface area contributed by atoms with E-state index >= 15 is 0 Å². The lowest BCUT2D eigenvalue weighted by Crippen LogP contribution is -2.67. The van der Waals surface area contributed by atoms with Crippen molar-refractivity contribution in [3.05, 3.63) is 48.0 Å². The molecule has 0 radical (unpaired) electrons. The molecule has 2 fully saturated rings. The van der Waals surface area contributed by atoms with E-state index in [1.54, 1.807) is 0 Å². The van der Waals surface area contributed by atoms with Crippen LogP contribution in [0.1, 0.15) is 72.8 Å². The largest absolute Gasteiger partial charge is 0.413 e. The van der Waals surface area contributed by atoms with Gasteiger partial charge < -0.3 is 23.9 Å². The molecule has 1 aromatic carbocycles. The minimum atomic E-state index is -2.09. The van der Waals surface area contributed by atoms with Crippen LogP contribution >= 0.6 is 0 Å². The lowest BCUT2D eigenvalue weighted by atomic mass is 9.61. The summed E-state index contributed by atoms with van der Waals surface area (Å²) in [6.45, 7) is 15.8. The number of carbonyl (C=O) groups excluding carboxylic acids is 1. The second kappa shape index (κ2) is 12.3. The Kier molecular flexibility index (Phi) is 9.57. The maximum absolute atomic E-state index is 13.5. The number of fused-ring (bicyclic) bond motifs is 2. The summed E-state index contributed by atoms with van der Waals surface area (Å²) in [7, 11) is -2.09. The highest BCUT2D eigenvalue weighted by Gasteiger charge is 2.58. The smallest absolute Gasteiger partial charge is 0.227 e. The van der Waals surface area contributed by atoms with Crippen LogP contribution in [0.25, 0.3) is 0 Å². The molecule has 1 amide bonds. The molecule has 2 heterocycles. The van der Waals surface area contributed by atoms with Gasteiger partial charge >= 0.3 is 0 Å². The highest BCUT2D eigenvalue weighted by atomic mass is 28.4. The number of carbonyl (C=O) groups is 1. The Hall–Kier alpha value is -1.51. The van der Waals surface area contributed by atoms with Crippen molar-refractivity contribution in [2.24, 2.45) is 11.3 Å². The van der Waals surface area contributed by atoms with Crippen LogP contribution in [0.5, 0.6) is 0 Å². The maximum Gasteiger partial charge on any atom is 0.227 e. The number of hydrogen-bond acceptors (Lipinski definition) is 5. The molecule has 0 saturated carbocycles. The molecular weight excluding hydrogens is 494 g/mol. The summed E-state index contributed by atoms with van der Waals surface area (Å²) in [5.74, 6) is 0.174. The Labute approximate surface area is 230 Å². The molecule has 2 saturated heterocycles. The first kappa shape index (κ1) is 29.5. The number of aliphatic hydroxyl groups is 1. The molecule has 38 heavy (non-hydrogen) atoms. The van der Waals surface area contributed by atoms with E-state index in [1.165, 1.54) is 0 Å². The summed E-state index contributed by atoms with van der Waals surface area (Å²) < 4.78 is 19.9. The number of amides is 1. The summed E-state index contributed by atoms with van der Waals surface area (Å²) >= 11 is 0. The monoisotopic (exact) mass is 543 g/mol. The molecule has 3 aliphatic rings. The van der Waals surface area contributed by atoms with Gasteiger partial charge in [-0.2, -0.15) is 0 Å². The summed E-state index contributed by atoms with van der Waals surface area (Å²) in [4.78, 5) is 15.4. The molecule has 212 valence electrons. The van der Waals surface area contributed by atoms with Crippen molar-refractivity contribution >= 4 is 14.2 Å². The Morgan fingerprint density at radius 1 is 1.08 bits per heavy atom. The third kappa shape index (κ3) is 5.55. The van der Waals surface area contributed by atoms with Gasteiger partial charge in [0.1, 0.15) is 6.23 Å². The zero-order valence-electron chi connectivity index (χ0n) is 24.3. The SMILES string of the molecule is CC(C)[Si](OC[C@@H]1CC(=O)N2CCC[C@@]3([C@@H](COCc4ccccc4)CC=C[C@H]3O)[C@@H]2O1)(C(C)C)C(C)C. The van der Waals surface area contributed by atoms with Crippen molar-refractivity contribution in [1.29, 1.82) is 0 Å². The third-order valence-corrected chi connectivity index (χ3v) is 15.6. The zero-order valence-corrected chi connectivity index (χ0v) is 25.3. The van der Waals surface area contributed by atoms with Crippen LogP contribution < -0.4 is 0 Å². The number of benzene rings is 1. The van der Waals surface area contributed by atoms with Crippen LogP contribution in [0, 0.1) is 11.3 Å². The van der Waals surface area contributed by atoms with Gasteiger partial charge in [-0.3, -0.25) is 4.79 Å². The number of nitrogens with zero attached hydrogens (tertiary/aromatic N) is 1. The molecule has 4 rings (SSSR count). The minimum absolute atomic E-state index is 0.0574. The molecule has 1 aliphatic carbocycles. The summed E-state index contributed by atoms with van der Waals surface area (Å²) in [5, 5.41) is 11.5. The van der Waals surface area contributed by atoms with Crippen LogP contribution in [-0.4, -0.2) is 62.4 Å². The highest BCUT2D eigenvalue weighted by Crippen LogP contribution is 2.51. The van der Waals surface area contributed by atoms with Gasteiger partial charge in [-0.15, -0.1) is 0 Å². The molecule has 0 aromatic heterocycles. The van der Waals surface area contributed by atoms with Crippen molar-refractivity contribution in [2.75, 3.05) is 19.8 Å². The van der Waals surface area contributed by atoms with Crippen molar-refractivity contribution in [3.63, 3.8) is 0 Å². The third-order valence-electron chi connectivity index (χ3n) is 9.50. The predicted octanol–water partition coefficient (Wildman–Crippen LogP) is 6.06. The van der Waals surface area contributed by atoms with E-state index in [0.717, 1.165) is 24.8 Å². The van der Waals surface area contributed by atoms with Crippen LogP contribution in [0.3, 0.4) is 0 Å². The van der Waals surface area contributed by atoms with Gasteiger partial charge in [0.15, 0.2) is 8.32 Å². The highest BCUT2D eigenvalue weighted by molar-refractivity contribution is 6.77. The maximum atomic E-state index is 13.5. The van der Waals surface area contributed by atoms with Gasteiger partial charge in [0.25, 0.3) is 0 Å². The van der Waals surface area contributed by atoms with Crippen molar-refractivity contribution < 1.29 is 23.8 Å². The van der Waals surface area contributed by atoms with E-state index in [-0.39, 0.29) is 17.9 Å². The van der Waals surface area contributed by atoms with Gasteiger partial charge in [-0.1, -0.05) is 84.0 Å². The predicted molar refractivity (Wildman–Crippen MR) is 153 cm³/mol. The van der Waals surface area contributed by atoms with Crippen molar-refractivity contribution in [2.45, 2.75) is 109 Å². The molecule has 7 heteroatoms. The van der Waals surface area contributed by atoms with Gasteiger partial charge in [-0.25, -0.2) is 0 Å². The van der Waals surface area contributed by atoms with Crippen LogP contribution in [0.4, 0.5) is 0 Å². The van der Waals surface area contributed by atoms with E-state index < -0.39 is 26.1 Å². The Morgan fingerprint density at radius 2 is 1.76 bits per heavy atom. The standard InChI is InChI=1S/C31H49NO5Si/c1-22(2)38(23(3)4,24(5)6)36-21-27-18-29(34)32-17-11-16-31(30(32)37-27)26(14-10-15-28(31)33)20-35-19-25-12-8-7-9-13-25/h7-10,12-13,15,22-24,26-28,30,33H,11,14,16-21H2,1-6H3/t26-,27+,28-,30+,31+/m1/s1. The van der Waals surface area contributed by atoms with Crippen LogP contribution in [0.2, 0.25) is 16.6 Å². The van der Waals surface area contributed by atoms with Crippen molar-refractivity contribution in [1.82, 2.24) is 4.90 Å². The zero-order chi connectivity index (χ0) is 27.5. The van der Waals surface area contributed by atoms with Gasteiger partial charge in [0.2, 0.25) is 5.91 Å². The van der Waals surface area contributed by atoms with E-state index in [2.05, 4.69) is 59.8 Å². The van der Waals surface area contributed by atoms with E-state index in [9.17, 15) is 9.90 Å². The molecule has 1 spiro atoms. The second-order valence-corrected chi connectivity index (χ2v) is 18.0. The van der Waals surface area contributed by atoms with Gasteiger partial charge in [-0.05, 0) is 47.4 Å². The second-order valence-electron chi connectivity index (χ2n) is 12.6. The molecular formula is C31H49NO5Si. The van der Waals surface area contributed by atoms with Crippen molar-refractivity contribution in [3.8, 4) is 0 Å². The Morgan fingerprint density at radius 3 is 2.42 bits per heavy atom. The number of ether oxygens (including phenoxy) is 2. The average molecular weight is 544 g/mol. The Bertz CT molecular complexity index is 929. The fourth-order valence-electron chi connectivity index (χ4n) is 7.75. The normalized spacial score (nSPS) is 30.1. The van der Waals surface area contributed by atoms with Crippen LogP contribution in [0.15, 0.2) is 42.5 Å². The van der Waals surface area contributed by atoms with Gasteiger partial charge in [0.05, 0.1) is 43.9 Å². The first-order valence-electron chi connectivity index (χ1n) is 14.7.